The zero-order valence-corrected chi connectivity index (χ0v) is 16.6. The summed E-state index contributed by atoms with van der Waals surface area (Å²) >= 11 is 1.72. The molecule has 0 fully saturated rings. The molecule has 0 atom stereocenters. The molecule has 126 valence electrons. The van der Waals surface area contributed by atoms with Gasteiger partial charge in [0.15, 0.2) is 5.96 Å². The first-order valence-electron chi connectivity index (χ1n) is 7.29. The van der Waals surface area contributed by atoms with Crippen molar-refractivity contribution in [2.75, 3.05) is 19.0 Å². The number of guanidine groups is 1. The van der Waals surface area contributed by atoms with E-state index in [2.05, 4.69) is 20.7 Å². The second kappa shape index (κ2) is 10.4. The number of nitrogens with zero attached hydrogens (tertiary/aromatic N) is 2. The molecule has 1 aromatic heterocycles. The Hall–Kier alpha value is -1.35. The topological polar surface area (TPSA) is 72.5 Å². The molecule has 2 rings (SSSR count). The van der Waals surface area contributed by atoms with E-state index in [4.69, 9.17) is 10.5 Å². The lowest BCUT2D eigenvalue weighted by Gasteiger charge is -2.07. The monoisotopic (exact) mass is 446 g/mol. The van der Waals surface area contributed by atoms with E-state index < -0.39 is 0 Å². The lowest BCUT2D eigenvalue weighted by Crippen LogP contribution is -2.22. The van der Waals surface area contributed by atoms with Crippen LogP contribution in [-0.2, 0) is 6.42 Å². The van der Waals surface area contributed by atoms with Crippen LogP contribution >= 0.6 is 35.3 Å². The summed E-state index contributed by atoms with van der Waals surface area (Å²) in [6.45, 7) is 2.74. The first-order chi connectivity index (χ1) is 10.7. The van der Waals surface area contributed by atoms with Gasteiger partial charge in [0.1, 0.15) is 5.75 Å². The van der Waals surface area contributed by atoms with Gasteiger partial charge < -0.3 is 15.8 Å². The van der Waals surface area contributed by atoms with Crippen LogP contribution in [0.5, 0.6) is 5.75 Å². The number of hydrogen-bond donors (Lipinski definition) is 2. The Morgan fingerprint density at radius 2 is 2.22 bits per heavy atom. The number of nitrogens with two attached hydrogens (primary N) is 1. The summed E-state index contributed by atoms with van der Waals surface area (Å²) in [6, 6.07) is 7.60. The standard InChI is InChI=1S/C16H22N4OS.HI/c1-12-11-22-15(19-12)8-3-4-9-18-16(17)20-13-6-5-7-14(10-13)21-2;/h5-7,10-11H,3-4,8-9H2,1-2H3,(H3,17,18,20);1H. The molecule has 23 heavy (non-hydrogen) atoms. The molecule has 7 heteroatoms. The zero-order valence-electron chi connectivity index (χ0n) is 13.4. The maximum absolute atomic E-state index is 5.88. The molecule has 0 saturated carbocycles. The van der Waals surface area contributed by atoms with Gasteiger partial charge >= 0.3 is 0 Å². The van der Waals surface area contributed by atoms with Crippen molar-refractivity contribution in [1.29, 1.82) is 0 Å². The minimum atomic E-state index is 0. The van der Waals surface area contributed by atoms with Crippen molar-refractivity contribution < 1.29 is 4.74 Å². The molecule has 0 radical (unpaired) electrons. The van der Waals surface area contributed by atoms with Gasteiger partial charge in [-0.15, -0.1) is 35.3 Å². The highest BCUT2D eigenvalue weighted by atomic mass is 127. The van der Waals surface area contributed by atoms with Crippen LogP contribution in [0.1, 0.15) is 23.5 Å². The average Bonchev–Trinajstić information content (AvgIpc) is 2.92. The Morgan fingerprint density at radius 1 is 1.39 bits per heavy atom. The molecule has 0 spiro atoms. The minimum Gasteiger partial charge on any atom is -0.497 e. The molecule has 5 nitrogen and oxygen atoms in total. The van der Waals surface area contributed by atoms with E-state index in [-0.39, 0.29) is 24.0 Å². The van der Waals surface area contributed by atoms with E-state index in [0.717, 1.165) is 36.4 Å². The first kappa shape index (κ1) is 19.7. The molecule has 0 aliphatic rings. The summed E-state index contributed by atoms with van der Waals surface area (Å²) in [5.74, 6) is 1.22. The Kier molecular flexibility index (Phi) is 8.93. The summed E-state index contributed by atoms with van der Waals surface area (Å²) < 4.78 is 5.17. The van der Waals surface area contributed by atoms with Crippen LogP contribution in [0.15, 0.2) is 34.6 Å². The number of unbranched alkanes of at least 4 members (excludes halogenated alkanes) is 1. The van der Waals surface area contributed by atoms with Crippen molar-refractivity contribution in [2.24, 2.45) is 10.7 Å². The van der Waals surface area contributed by atoms with Crippen LogP contribution in [0.2, 0.25) is 0 Å². The number of benzene rings is 1. The number of hydrogen-bond acceptors (Lipinski definition) is 4. The van der Waals surface area contributed by atoms with Crippen molar-refractivity contribution in [3.63, 3.8) is 0 Å². The van der Waals surface area contributed by atoms with Crippen LogP contribution in [0.25, 0.3) is 0 Å². The van der Waals surface area contributed by atoms with Gasteiger partial charge in [-0.3, -0.25) is 4.99 Å². The lowest BCUT2D eigenvalue weighted by molar-refractivity contribution is 0.415. The highest BCUT2D eigenvalue weighted by Gasteiger charge is 1.99. The third-order valence-electron chi connectivity index (χ3n) is 3.09. The molecule has 0 unspecified atom stereocenters. The van der Waals surface area contributed by atoms with Crippen molar-refractivity contribution in [2.45, 2.75) is 26.2 Å². The van der Waals surface area contributed by atoms with Gasteiger partial charge in [-0.1, -0.05) is 6.07 Å². The second-order valence-corrected chi connectivity index (χ2v) is 5.91. The number of methoxy groups -OCH3 is 1. The molecule has 1 aromatic carbocycles. The van der Waals surface area contributed by atoms with Crippen LogP contribution in [-0.4, -0.2) is 24.6 Å². The normalized spacial score (nSPS) is 11.0. The van der Waals surface area contributed by atoms with Crippen LogP contribution in [0.3, 0.4) is 0 Å². The number of anilines is 1. The number of aromatic nitrogens is 1. The van der Waals surface area contributed by atoms with Crippen molar-refractivity contribution >= 4 is 47.0 Å². The molecule has 0 aliphatic heterocycles. The van der Waals surface area contributed by atoms with E-state index in [1.807, 2.05) is 31.2 Å². The molecule has 1 heterocycles. The molecule has 0 aliphatic carbocycles. The van der Waals surface area contributed by atoms with Gasteiger partial charge in [0.2, 0.25) is 0 Å². The van der Waals surface area contributed by atoms with Crippen LogP contribution in [0, 0.1) is 6.92 Å². The number of halogens is 1. The number of aryl methyl sites for hydroxylation is 2. The molecular weight excluding hydrogens is 423 g/mol. The largest absolute Gasteiger partial charge is 0.497 e. The van der Waals surface area contributed by atoms with Gasteiger partial charge in [0, 0.05) is 29.4 Å². The van der Waals surface area contributed by atoms with Gasteiger partial charge in [0.05, 0.1) is 12.1 Å². The smallest absolute Gasteiger partial charge is 0.193 e. The second-order valence-electron chi connectivity index (χ2n) is 4.96. The van der Waals surface area contributed by atoms with E-state index in [0.29, 0.717) is 12.5 Å². The Bertz CT molecular complexity index is 630. The first-order valence-corrected chi connectivity index (χ1v) is 8.17. The summed E-state index contributed by atoms with van der Waals surface area (Å²) in [7, 11) is 1.64. The minimum absolute atomic E-state index is 0. The lowest BCUT2D eigenvalue weighted by atomic mass is 10.2. The predicted octanol–water partition coefficient (Wildman–Crippen LogP) is 3.83. The number of aliphatic imine (C=N–C) groups is 1. The summed E-state index contributed by atoms with van der Waals surface area (Å²) in [5, 5.41) is 6.35. The summed E-state index contributed by atoms with van der Waals surface area (Å²) in [4.78, 5) is 8.79. The van der Waals surface area contributed by atoms with Crippen molar-refractivity contribution in [3.05, 3.63) is 40.3 Å². The fourth-order valence-electron chi connectivity index (χ4n) is 1.99. The van der Waals surface area contributed by atoms with Gasteiger partial charge in [-0.25, -0.2) is 4.98 Å². The fraction of sp³-hybridized carbons (Fsp3) is 0.375. The molecular formula is C16H23IN4OS. The average molecular weight is 446 g/mol. The number of thiazole rings is 1. The number of nitrogens with one attached hydrogen (secondary N) is 1. The van der Waals surface area contributed by atoms with Gasteiger partial charge in [0.25, 0.3) is 0 Å². The molecule has 0 saturated heterocycles. The number of rotatable bonds is 7. The summed E-state index contributed by atoms with van der Waals surface area (Å²) in [5.41, 5.74) is 7.86. The molecule has 3 N–H and O–H groups in total. The SMILES string of the molecule is COc1cccc(NC(N)=NCCCCc2nc(C)cs2)c1.I. The highest BCUT2D eigenvalue weighted by Crippen LogP contribution is 2.16. The zero-order chi connectivity index (χ0) is 15.8. The van der Waals surface area contributed by atoms with Crippen LogP contribution < -0.4 is 15.8 Å². The van der Waals surface area contributed by atoms with E-state index >= 15 is 0 Å². The summed E-state index contributed by atoms with van der Waals surface area (Å²) in [6.07, 6.45) is 3.08. The fourth-order valence-corrected chi connectivity index (χ4v) is 2.81. The van der Waals surface area contributed by atoms with E-state index in [9.17, 15) is 0 Å². The van der Waals surface area contributed by atoms with Crippen LogP contribution in [0.4, 0.5) is 5.69 Å². The van der Waals surface area contributed by atoms with Crippen molar-refractivity contribution in [3.8, 4) is 5.75 Å². The van der Waals surface area contributed by atoms with E-state index in [1.54, 1.807) is 18.4 Å². The quantitative estimate of drug-likeness (QED) is 0.294. The molecule has 2 aromatic rings. The molecule has 0 bridgehead atoms. The predicted molar refractivity (Wildman–Crippen MR) is 108 cm³/mol. The number of ether oxygens (including phenoxy) is 1. The third kappa shape index (κ3) is 7.17. The maximum atomic E-state index is 5.88. The Balaban J connectivity index is 0.00000264. The Labute approximate surface area is 158 Å². The highest BCUT2D eigenvalue weighted by molar-refractivity contribution is 14.0. The van der Waals surface area contributed by atoms with Gasteiger partial charge in [-0.2, -0.15) is 0 Å². The van der Waals surface area contributed by atoms with Crippen molar-refractivity contribution in [1.82, 2.24) is 4.98 Å². The Morgan fingerprint density at radius 3 is 2.91 bits per heavy atom. The third-order valence-corrected chi connectivity index (χ3v) is 4.12. The maximum Gasteiger partial charge on any atom is 0.193 e. The van der Waals surface area contributed by atoms with E-state index in [1.165, 1.54) is 5.01 Å². The van der Waals surface area contributed by atoms with Gasteiger partial charge in [-0.05, 0) is 38.3 Å². The molecule has 0 amide bonds.